The number of methoxy groups -OCH3 is 1. The zero-order valence-corrected chi connectivity index (χ0v) is 12.1. The van der Waals surface area contributed by atoms with Crippen LogP contribution in [-0.2, 0) is 11.2 Å². The number of nitrogen functional groups attached to an aromatic ring is 1. The Bertz CT molecular complexity index is 567. The molecule has 0 aliphatic carbocycles. The third-order valence-electron chi connectivity index (χ3n) is 3.27. The van der Waals surface area contributed by atoms with E-state index in [1.54, 1.807) is 7.11 Å². The number of ether oxygens (including phenoxy) is 2. The molecule has 0 atom stereocenters. The van der Waals surface area contributed by atoms with E-state index < -0.39 is 0 Å². The average Bonchev–Trinajstić information content (AvgIpc) is 2.49. The number of hydrogen-bond acceptors (Lipinski definition) is 3. The van der Waals surface area contributed by atoms with Crippen molar-refractivity contribution in [3.63, 3.8) is 0 Å². The van der Waals surface area contributed by atoms with Crippen LogP contribution in [0.2, 0.25) is 0 Å². The molecule has 0 unspecified atom stereocenters. The first-order valence-corrected chi connectivity index (χ1v) is 6.85. The van der Waals surface area contributed by atoms with Crippen molar-refractivity contribution in [2.24, 2.45) is 0 Å². The predicted molar refractivity (Wildman–Crippen MR) is 83.0 cm³/mol. The first-order valence-electron chi connectivity index (χ1n) is 6.85. The van der Waals surface area contributed by atoms with Crippen LogP contribution in [0, 0.1) is 0 Å². The van der Waals surface area contributed by atoms with E-state index in [0.29, 0.717) is 13.2 Å². The Morgan fingerprint density at radius 1 is 1.05 bits per heavy atom. The van der Waals surface area contributed by atoms with E-state index in [2.05, 4.69) is 19.1 Å². The van der Waals surface area contributed by atoms with E-state index in [4.69, 9.17) is 15.2 Å². The van der Waals surface area contributed by atoms with Crippen LogP contribution < -0.4 is 10.5 Å². The molecule has 2 rings (SSSR count). The summed E-state index contributed by atoms with van der Waals surface area (Å²) in [7, 11) is 1.67. The SMILES string of the molecule is CCc1cc(-c2ccccc2OCCOC)ccc1N. The summed E-state index contributed by atoms with van der Waals surface area (Å²) in [5.74, 6) is 0.872. The quantitative estimate of drug-likeness (QED) is 0.645. The van der Waals surface area contributed by atoms with Gasteiger partial charge in [0.1, 0.15) is 12.4 Å². The fourth-order valence-electron chi connectivity index (χ4n) is 2.15. The van der Waals surface area contributed by atoms with Gasteiger partial charge < -0.3 is 15.2 Å². The fourth-order valence-corrected chi connectivity index (χ4v) is 2.15. The van der Waals surface area contributed by atoms with Gasteiger partial charge >= 0.3 is 0 Å². The van der Waals surface area contributed by atoms with Crippen molar-refractivity contribution in [2.45, 2.75) is 13.3 Å². The van der Waals surface area contributed by atoms with Crippen LogP contribution in [0.15, 0.2) is 42.5 Å². The van der Waals surface area contributed by atoms with Crippen LogP contribution >= 0.6 is 0 Å². The van der Waals surface area contributed by atoms with Gasteiger partial charge in [-0.3, -0.25) is 0 Å². The molecule has 0 spiro atoms. The highest BCUT2D eigenvalue weighted by Crippen LogP contribution is 2.31. The first-order chi connectivity index (χ1) is 9.76. The monoisotopic (exact) mass is 271 g/mol. The number of hydrogen-bond donors (Lipinski definition) is 1. The van der Waals surface area contributed by atoms with E-state index in [-0.39, 0.29) is 0 Å². The summed E-state index contributed by atoms with van der Waals surface area (Å²) in [6.45, 7) is 3.23. The number of anilines is 1. The second-order valence-corrected chi connectivity index (χ2v) is 4.60. The topological polar surface area (TPSA) is 44.5 Å². The standard InChI is InChI=1S/C17H21NO2/c1-3-13-12-14(8-9-16(13)18)15-6-4-5-7-17(15)20-11-10-19-2/h4-9,12H,3,10-11,18H2,1-2H3. The van der Waals surface area contributed by atoms with E-state index in [0.717, 1.165) is 34.5 Å². The normalized spacial score (nSPS) is 10.5. The second-order valence-electron chi connectivity index (χ2n) is 4.60. The largest absolute Gasteiger partial charge is 0.491 e. The van der Waals surface area contributed by atoms with Gasteiger partial charge in [0, 0.05) is 18.4 Å². The molecule has 0 aliphatic heterocycles. The van der Waals surface area contributed by atoms with Crippen LogP contribution in [0.4, 0.5) is 5.69 Å². The van der Waals surface area contributed by atoms with Crippen molar-refractivity contribution in [3.8, 4) is 16.9 Å². The van der Waals surface area contributed by atoms with Gasteiger partial charge in [-0.1, -0.05) is 31.2 Å². The summed E-state index contributed by atoms with van der Waals surface area (Å²) in [4.78, 5) is 0. The van der Waals surface area contributed by atoms with Crippen molar-refractivity contribution >= 4 is 5.69 Å². The fraction of sp³-hybridized carbons (Fsp3) is 0.294. The molecule has 0 fully saturated rings. The molecule has 3 heteroatoms. The number of aryl methyl sites for hydroxylation is 1. The average molecular weight is 271 g/mol. The maximum absolute atomic E-state index is 5.97. The van der Waals surface area contributed by atoms with Crippen molar-refractivity contribution in [1.82, 2.24) is 0 Å². The summed E-state index contributed by atoms with van der Waals surface area (Å²) in [5, 5.41) is 0. The van der Waals surface area contributed by atoms with Gasteiger partial charge in [-0.2, -0.15) is 0 Å². The number of para-hydroxylation sites is 1. The molecule has 0 saturated heterocycles. The summed E-state index contributed by atoms with van der Waals surface area (Å²) < 4.78 is 10.8. The lowest BCUT2D eigenvalue weighted by Gasteiger charge is -2.13. The molecule has 20 heavy (non-hydrogen) atoms. The number of rotatable bonds is 6. The Morgan fingerprint density at radius 2 is 1.85 bits per heavy atom. The Balaban J connectivity index is 2.32. The lowest BCUT2D eigenvalue weighted by atomic mass is 10.00. The molecule has 2 aromatic carbocycles. The summed E-state index contributed by atoms with van der Waals surface area (Å²) in [6.07, 6.45) is 0.923. The minimum absolute atomic E-state index is 0.545. The van der Waals surface area contributed by atoms with E-state index in [9.17, 15) is 0 Å². The van der Waals surface area contributed by atoms with Crippen molar-refractivity contribution in [1.29, 1.82) is 0 Å². The van der Waals surface area contributed by atoms with Gasteiger partial charge in [-0.05, 0) is 35.7 Å². The molecule has 2 aromatic rings. The molecule has 106 valence electrons. The molecule has 0 heterocycles. The van der Waals surface area contributed by atoms with Crippen molar-refractivity contribution in [2.75, 3.05) is 26.1 Å². The van der Waals surface area contributed by atoms with Gasteiger partial charge in [-0.15, -0.1) is 0 Å². The van der Waals surface area contributed by atoms with E-state index in [1.165, 1.54) is 0 Å². The van der Waals surface area contributed by atoms with Crippen molar-refractivity contribution in [3.05, 3.63) is 48.0 Å². The van der Waals surface area contributed by atoms with Crippen molar-refractivity contribution < 1.29 is 9.47 Å². The third-order valence-corrected chi connectivity index (χ3v) is 3.27. The summed E-state index contributed by atoms with van der Waals surface area (Å²) in [5.41, 5.74) is 10.2. The van der Waals surface area contributed by atoms with E-state index >= 15 is 0 Å². The maximum Gasteiger partial charge on any atom is 0.127 e. The molecule has 0 aliphatic rings. The predicted octanol–water partition coefficient (Wildman–Crippen LogP) is 3.52. The summed E-state index contributed by atoms with van der Waals surface area (Å²) >= 11 is 0. The second kappa shape index (κ2) is 6.96. The van der Waals surface area contributed by atoms with Crippen LogP contribution in [-0.4, -0.2) is 20.3 Å². The molecule has 0 amide bonds. The molecular weight excluding hydrogens is 250 g/mol. The van der Waals surface area contributed by atoms with E-state index in [1.807, 2.05) is 30.3 Å². The molecular formula is C17H21NO2. The lowest BCUT2D eigenvalue weighted by Crippen LogP contribution is -2.05. The Kier molecular flexibility index (Phi) is 5.02. The van der Waals surface area contributed by atoms with Gasteiger partial charge in [0.25, 0.3) is 0 Å². The minimum Gasteiger partial charge on any atom is -0.491 e. The highest BCUT2D eigenvalue weighted by molar-refractivity contribution is 5.73. The Hall–Kier alpha value is -2.00. The first kappa shape index (κ1) is 14.4. The lowest BCUT2D eigenvalue weighted by molar-refractivity contribution is 0.146. The molecule has 3 nitrogen and oxygen atoms in total. The van der Waals surface area contributed by atoms with Gasteiger partial charge in [0.05, 0.1) is 6.61 Å². The molecule has 0 radical (unpaired) electrons. The molecule has 0 saturated carbocycles. The maximum atomic E-state index is 5.97. The van der Waals surface area contributed by atoms with Crippen LogP contribution in [0.5, 0.6) is 5.75 Å². The minimum atomic E-state index is 0.545. The highest BCUT2D eigenvalue weighted by Gasteiger charge is 2.07. The van der Waals surface area contributed by atoms with Gasteiger partial charge in [0.2, 0.25) is 0 Å². The third kappa shape index (κ3) is 3.31. The zero-order chi connectivity index (χ0) is 14.4. The Morgan fingerprint density at radius 3 is 2.60 bits per heavy atom. The number of benzene rings is 2. The van der Waals surface area contributed by atoms with Crippen LogP contribution in [0.25, 0.3) is 11.1 Å². The summed E-state index contributed by atoms with van der Waals surface area (Å²) in [6, 6.07) is 14.2. The van der Waals surface area contributed by atoms with Crippen LogP contribution in [0.3, 0.4) is 0 Å². The zero-order valence-electron chi connectivity index (χ0n) is 12.1. The number of nitrogens with two attached hydrogens (primary N) is 1. The van der Waals surface area contributed by atoms with Gasteiger partial charge in [-0.25, -0.2) is 0 Å². The Labute approximate surface area is 120 Å². The molecule has 0 bridgehead atoms. The van der Waals surface area contributed by atoms with Gasteiger partial charge in [0.15, 0.2) is 0 Å². The molecule has 0 aromatic heterocycles. The smallest absolute Gasteiger partial charge is 0.127 e. The van der Waals surface area contributed by atoms with Crippen LogP contribution in [0.1, 0.15) is 12.5 Å². The molecule has 2 N–H and O–H groups in total. The highest BCUT2D eigenvalue weighted by atomic mass is 16.5.